The van der Waals surface area contributed by atoms with E-state index in [1.807, 2.05) is 30.0 Å². The van der Waals surface area contributed by atoms with Crippen LogP contribution in [-0.4, -0.2) is 29.7 Å². The highest BCUT2D eigenvalue weighted by atomic mass is 32.2. The lowest BCUT2D eigenvalue weighted by atomic mass is 9.98. The van der Waals surface area contributed by atoms with Crippen molar-refractivity contribution in [2.75, 3.05) is 18.6 Å². The van der Waals surface area contributed by atoms with Crippen LogP contribution in [0.5, 0.6) is 0 Å². The van der Waals surface area contributed by atoms with Crippen molar-refractivity contribution in [2.24, 2.45) is 0 Å². The second kappa shape index (κ2) is 4.89. The Hall–Kier alpha value is -1.00. The zero-order chi connectivity index (χ0) is 11.5. The molecule has 0 radical (unpaired) electrons. The first-order valence-electron chi connectivity index (χ1n) is 5.16. The van der Waals surface area contributed by atoms with Gasteiger partial charge in [0.1, 0.15) is 0 Å². The van der Waals surface area contributed by atoms with Gasteiger partial charge in [-0.25, -0.2) is 4.79 Å². The number of aliphatic hydroxyl groups excluding tert-OH is 1. The van der Waals surface area contributed by atoms with Crippen molar-refractivity contribution < 1.29 is 14.6 Å². The lowest BCUT2D eigenvalue weighted by molar-refractivity contribution is -0.150. The molecular weight excluding hydrogens is 224 g/mol. The Labute approximate surface area is 98.8 Å². The Bertz CT molecular complexity index is 388. The van der Waals surface area contributed by atoms with Crippen LogP contribution in [0, 0.1) is 0 Å². The predicted octanol–water partition coefficient (Wildman–Crippen LogP) is 1.72. The molecule has 16 heavy (non-hydrogen) atoms. The van der Waals surface area contributed by atoms with E-state index in [9.17, 15) is 9.90 Å². The average molecular weight is 238 g/mol. The molecule has 86 valence electrons. The van der Waals surface area contributed by atoms with Gasteiger partial charge in [-0.2, -0.15) is 11.8 Å². The quantitative estimate of drug-likeness (QED) is 0.815. The fourth-order valence-electron chi connectivity index (χ4n) is 1.66. The van der Waals surface area contributed by atoms with E-state index in [1.165, 1.54) is 12.7 Å². The molecule has 4 heteroatoms. The third-order valence-electron chi connectivity index (χ3n) is 2.76. The summed E-state index contributed by atoms with van der Waals surface area (Å²) in [5, 5.41) is 9.71. The van der Waals surface area contributed by atoms with Crippen LogP contribution in [0.4, 0.5) is 0 Å². The van der Waals surface area contributed by atoms with E-state index < -0.39 is 12.1 Å². The largest absolute Gasteiger partial charge is 0.467 e. The van der Waals surface area contributed by atoms with Crippen molar-refractivity contribution in [1.29, 1.82) is 0 Å². The van der Waals surface area contributed by atoms with Crippen molar-refractivity contribution in [1.82, 2.24) is 0 Å². The molecule has 1 N–H and O–H groups in total. The minimum absolute atomic E-state index is 0.565. The Morgan fingerprint density at radius 2 is 2.31 bits per heavy atom. The number of benzene rings is 1. The lowest BCUT2D eigenvalue weighted by Crippen LogP contribution is -2.17. The number of ether oxygens (including phenoxy) is 1. The van der Waals surface area contributed by atoms with Gasteiger partial charge >= 0.3 is 5.97 Å². The van der Waals surface area contributed by atoms with E-state index in [-0.39, 0.29) is 0 Å². The monoisotopic (exact) mass is 238 g/mol. The molecule has 1 aromatic rings. The SMILES string of the molecule is COC(=O)C(O)c1cccc(C2CSC2)c1. The topological polar surface area (TPSA) is 46.5 Å². The summed E-state index contributed by atoms with van der Waals surface area (Å²) < 4.78 is 4.51. The molecule has 1 aliphatic rings. The average Bonchev–Trinajstić information content (AvgIpc) is 2.25. The van der Waals surface area contributed by atoms with Gasteiger partial charge in [0.15, 0.2) is 6.10 Å². The van der Waals surface area contributed by atoms with Crippen molar-refractivity contribution in [3.8, 4) is 0 Å². The number of carbonyl (C=O) groups excluding carboxylic acids is 1. The van der Waals surface area contributed by atoms with Gasteiger partial charge in [0.25, 0.3) is 0 Å². The van der Waals surface area contributed by atoms with Crippen molar-refractivity contribution in [3.63, 3.8) is 0 Å². The number of thioether (sulfide) groups is 1. The summed E-state index contributed by atoms with van der Waals surface area (Å²) in [6, 6.07) is 7.56. The van der Waals surface area contributed by atoms with Crippen LogP contribution in [0.25, 0.3) is 0 Å². The van der Waals surface area contributed by atoms with E-state index in [1.54, 1.807) is 6.07 Å². The molecule has 3 nitrogen and oxygen atoms in total. The van der Waals surface area contributed by atoms with Gasteiger partial charge < -0.3 is 9.84 Å². The van der Waals surface area contributed by atoms with Crippen LogP contribution >= 0.6 is 11.8 Å². The molecular formula is C12H14O3S. The molecule has 0 spiro atoms. The minimum atomic E-state index is -1.17. The highest BCUT2D eigenvalue weighted by Gasteiger charge is 2.23. The maximum absolute atomic E-state index is 11.2. The first kappa shape index (κ1) is 11.5. The molecule has 1 atom stereocenters. The third-order valence-corrected chi connectivity index (χ3v) is 4.04. The smallest absolute Gasteiger partial charge is 0.339 e. The van der Waals surface area contributed by atoms with Gasteiger partial charge in [-0.05, 0) is 11.1 Å². The normalized spacial score (nSPS) is 17.6. The van der Waals surface area contributed by atoms with Gasteiger partial charge in [-0.3, -0.25) is 0 Å². The zero-order valence-corrected chi connectivity index (χ0v) is 9.87. The second-order valence-electron chi connectivity index (χ2n) is 3.83. The van der Waals surface area contributed by atoms with Crippen LogP contribution in [0.3, 0.4) is 0 Å². The van der Waals surface area contributed by atoms with Crippen LogP contribution < -0.4 is 0 Å². The fourth-order valence-corrected chi connectivity index (χ4v) is 2.52. The van der Waals surface area contributed by atoms with Crippen molar-refractivity contribution in [3.05, 3.63) is 35.4 Å². The number of hydrogen-bond donors (Lipinski definition) is 1. The van der Waals surface area contributed by atoms with Crippen LogP contribution in [-0.2, 0) is 9.53 Å². The maximum Gasteiger partial charge on any atom is 0.339 e. The molecule has 1 fully saturated rings. The molecule has 0 amide bonds. The maximum atomic E-state index is 11.2. The van der Waals surface area contributed by atoms with E-state index >= 15 is 0 Å². The molecule has 0 bridgehead atoms. The van der Waals surface area contributed by atoms with Crippen LogP contribution in [0.15, 0.2) is 24.3 Å². The summed E-state index contributed by atoms with van der Waals surface area (Å²) in [5.41, 5.74) is 1.81. The van der Waals surface area contributed by atoms with Gasteiger partial charge in [0.05, 0.1) is 7.11 Å². The van der Waals surface area contributed by atoms with E-state index in [0.29, 0.717) is 11.5 Å². The molecule has 1 aromatic carbocycles. The van der Waals surface area contributed by atoms with Gasteiger partial charge in [0.2, 0.25) is 0 Å². The van der Waals surface area contributed by atoms with Crippen LogP contribution in [0.1, 0.15) is 23.1 Å². The van der Waals surface area contributed by atoms with E-state index in [2.05, 4.69) is 4.74 Å². The summed E-state index contributed by atoms with van der Waals surface area (Å²) in [5.74, 6) is 2.20. The molecule has 2 rings (SSSR count). The molecule has 1 heterocycles. The number of methoxy groups -OCH3 is 1. The van der Waals surface area contributed by atoms with E-state index in [4.69, 9.17) is 0 Å². The van der Waals surface area contributed by atoms with Crippen LogP contribution in [0.2, 0.25) is 0 Å². The number of rotatable bonds is 3. The highest BCUT2D eigenvalue weighted by Crippen LogP contribution is 2.34. The second-order valence-corrected chi connectivity index (χ2v) is 4.91. The Balaban J connectivity index is 2.17. The molecule has 1 unspecified atom stereocenters. The summed E-state index contributed by atoms with van der Waals surface area (Å²) in [4.78, 5) is 11.2. The third kappa shape index (κ3) is 2.23. The number of aliphatic hydroxyl groups is 1. The number of hydrogen-bond acceptors (Lipinski definition) is 4. The summed E-state index contributed by atoms with van der Waals surface area (Å²) in [6.07, 6.45) is -1.17. The summed E-state index contributed by atoms with van der Waals surface area (Å²) in [6.45, 7) is 0. The van der Waals surface area contributed by atoms with E-state index in [0.717, 1.165) is 11.5 Å². The Kier molecular flexibility index (Phi) is 3.51. The summed E-state index contributed by atoms with van der Waals surface area (Å²) in [7, 11) is 1.28. The molecule has 1 aliphatic heterocycles. The van der Waals surface area contributed by atoms with Crippen molar-refractivity contribution in [2.45, 2.75) is 12.0 Å². The van der Waals surface area contributed by atoms with Gasteiger partial charge in [-0.1, -0.05) is 24.3 Å². The number of esters is 1. The zero-order valence-electron chi connectivity index (χ0n) is 9.05. The van der Waals surface area contributed by atoms with Crippen molar-refractivity contribution >= 4 is 17.7 Å². The van der Waals surface area contributed by atoms with Gasteiger partial charge in [0, 0.05) is 17.4 Å². The minimum Gasteiger partial charge on any atom is -0.467 e. The molecule has 0 saturated carbocycles. The standard InChI is InChI=1S/C12H14O3S/c1-15-12(14)11(13)9-4-2-3-8(5-9)10-6-16-7-10/h2-5,10-11,13H,6-7H2,1H3. The molecule has 0 aromatic heterocycles. The Morgan fingerprint density at radius 3 is 2.88 bits per heavy atom. The first-order valence-corrected chi connectivity index (χ1v) is 6.31. The lowest BCUT2D eigenvalue weighted by Gasteiger charge is -2.25. The molecule has 1 saturated heterocycles. The number of carbonyl (C=O) groups is 1. The van der Waals surface area contributed by atoms with Gasteiger partial charge in [-0.15, -0.1) is 0 Å². The highest BCUT2D eigenvalue weighted by molar-refractivity contribution is 8.00. The fraction of sp³-hybridized carbons (Fsp3) is 0.417. The molecule has 0 aliphatic carbocycles. The first-order chi connectivity index (χ1) is 7.72. The summed E-state index contributed by atoms with van der Waals surface area (Å²) >= 11 is 1.91. The predicted molar refractivity (Wildman–Crippen MR) is 63.5 cm³/mol. The Morgan fingerprint density at radius 1 is 1.56 bits per heavy atom.